The van der Waals surface area contributed by atoms with Crippen LogP contribution in [-0.2, 0) is 4.74 Å². The fraction of sp³-hybridized carbons (Fsp3) is 0.143. The fourth-order valence-corrected chi connectivity index (χ4v) is 2.70. The summed E-state index contributed by atoms with van der Waals surface area (Å²) in [5.41, 5.74) is 4.01. The molecule has 0 aliphatic heterocycles. The molecular formula is C21H19NO3. The summed E-state index contributed by atoms with van der Waals surface area (Å²) in [4.78, 5) is 16.7. The maximum Gasteiger partial charge on any atom is 0.342 e. The van der Waals surface area contributed by atoms with E-state index in [1.807, 2.05) is 55.5 Å². The first-order valence-corrected chi connectivity index (χ1v) is 8.13. The zero-order chi connectivity index (χ0) is 17.8. The Balaban J connectivity index is 2.10. The summed E-state index contributed by atoms with van der Waals surface area (Å²) in [6.45, 7) is 3.99. The Morgan fingerprint density at radius 1 is 1.08 bits per heavy atom. The predicted octanol–water partition coefficient (Wildman–Crippen LogP) is 4.73. The van der Waals surface area contributed by atoms with E-state index in [4.69, 9.17) is 4.74 Å². The van der Waals surface area contributed by atoms with E-state index >= 15 is 0 Å². The van der Waals surface area contributed by atoms with Crippen molar-refractivity contribution in [1.29, 1.82) is 0 Å². The number of hydrogen-bond acceptors (Lipinski definition) is 4. The number of benzene rings is 1. The van der Waals surface area contributed by atoms with Crippen LogP contribution < -0.4 is 0 Å². The molecule has 0 amide bonds. The van der Waals surface area contributed by atoms with Gasteiger partial charge in [-0.2, -0.15) is 0 Å². The van der Waals surface area contributed by atoms with E-state index in [0.29, 0.717) is 11.1 Å². The summed E-state index contributed by atoms with van der Waals surface area (Å²) in [7, 11) is 0. The monoisotopic (exact) mass is 333 g/mol. The number of aliphatic imine (C=N–C) groups is 1. The second-order valence-electron chi connectivity index (χ2n) is 5.69. The topological polar surface area (TPSA) is 58.9 Å². The van der Waals surface area contributed by atoms with Crippen molar-refractivity contribution in [2.24, 2.45) is 4.99 Å². The number of aromatic hydroxyl groups is 1. The van der Waals surface area contributed by atoms with E-state index in [9.17, 15) is 9.90 Å². The molecule has 25 heavy (non-hydrogen) atoms. The predicted molar refractivity (Wildman–Crippen MR) is 99.1 cm³/mol. The molecule has 4 nitrogen and oxygen atoms in total. The van der Waals surface area contributed by atoms with Gasteiger partial charge < -0.3 is 9.84 Å². The van der Waals surface area contributed by atoms with Crippen LogP contribution in [-0.4, -0.2) is 23.9 Å². The number of ether oxygens (including phenoxy) is 1. The van der Waals surface area contributed by atoms with Crippen molar-refractivity contribution in [3.63, 3.8) is 0 Å². The van der Waals surface area contributed by atoms with Gasteiger partial charge in [0.2, 0.25) is 0 Å². The zero-order valence-corrected chi connectivity index (χ0v) is 14.2. The molecule has 2 aliphatic carbocycles. The summed E-state index contributed by atoms with van der Waals surface area (Å²) >= 11 is 0. The number of esters is 1. The van der Waals surface area contributed by atoms with Crippen molar-refractivity contribution in [2.45, 2.75) is 13.8 Å². The van der Waals surface area contributed by atoms with Crippen LogP contribution in [0.1, 0.15) is 28.4 Å². The van der Waals surface area contributed by atoms with Gasteiger partial charge in [0.15, 0.2) is 0 Å². The summed E-state index contributed by atoms with van der Waals surface area (Å²) in [6, 6.07) is 17.0. The molecule has 1 aromatic carbocycles. The second kappa shape index (κ2) is 7.18. The average molecular weight is 333 g/mol. The molecule has 0 fully saturated rings. The SMILES string of the molecule is CCOC(=O)c1c2cccccc-2c(C=Nc2ccc(C)cc2)c1O. The Morgan fingerprint density at radius 2 is 1.76 bits per heavy atom. The van der Waals surface area contributed by atoms with Crippen LogP contribution in [0, 0.1) is 6.92 Å². The molecule has 0 heterocycles. The molecular weight excluding hydrogens is 314 g/mol. The van der Waals surface area contributed by atoms with Gasteiger partial charge in [-0.3, -0.25) is 4.99 Å². The molecule has 0 spiro atoms. The highest BCUT2D eigenvalue weighted by atomic mass is 16.5. The molecule has 4 heteroatoms. The quantitative estimate of drug-likeness (QED) is 0.554. The average Bonchev–Trinajstić information content (AvgIpc) is 2.74. The standard InChI is InChI=1S/C21H19NO3/c1-3-25-21(24)19-17-8-6-4-5-7-16(17)18(20(19)23)13-22-15-11-9-14(2)10-12-15/h4-13,23H,3H2,1-2H3. The summed E-state index contributed by atoms with van der Waals surface area (Å²) in [5.74, 6) is -0.637. The van der Waals surface area contributed by atoms with Gasteiger partial charge in [0.25, 0.3) is 0 Å². The first kappa shape index (κ1) is 16.7. The van der Waals surface area contributed by atoms with E-state index in [0.717, 1.165) is 16.8 Å². The van der Waals surface area contributed by atoms with Crippen LogP contribution in [0.4, 0.5) is 5.69 Å². The van der Waals surface area contributed by atoms with E-state index in [1.54, 1.807) is 19.2 Å². The summed E-state index contributed by atoms with van der Waals surface area (Å²) in [5, 5.41) is 10.6. The Kier molecular flexibility index (Phi) is 4.80. The number of fused-ring (bicyclic) bond motifs is 1. The number of aryl methyl sites for hydroxylation is 1. The fourth-order valence-electron chi connectivity index (χ4n) is 2.70. The van der Waals surface area contributed by atoms with Gasteiger partial charge in [-0.25, -0.2) is 4.79 Å². The minimum atomic E-state index is -0.536. The molecule has 126 valence electrons. The van der Waals surface area contributed by atoms with Crippen LogP contribution in [0.2, 0.25) is 0 Å². The second-order valence-corrected chi connectivity index (χ2v) is 5.69. The lowest BCUT2D eigenvalue weighted by Gasteiger charge is -2.02. The largest absolute Gasteiger partial charge is 0.506 e. The van der Waals surface area contributed by atoms with Crippen LogP contribution in [0.3, 0.4) is 0 Å². The molecule has 1 N–H and O–H groups in total. The van der Waals surface area contributed by atoms with Gasteiger partial charge in [-0.1, -0.05) is 48.0 Å². The minimum absolute atomic E-state index is 0.101. The van der Waals surface area contributed by atoms with Crippen molar-refractivity contribution in [3.8, 4) is 16.9 Å². The van der Waals surface area contributed by atoms with E-state index < -0.39 is 5.97 Å². The number of hydrogen-bond donors (Lipinski definition) is 1. The molecule has 0 radical (unpaired) electrons. The van der Waals surface area contributed by atoms with E-state index in [2.05, 4.69) is 4.99 Å². The molecule has 0 unspecified atom stereocenters. The lowest BCUT2D eigenvalue weighted by Crippen LogP contribution is -2.04. The van der Waals surface area contributed by atoms with Crippen LogP contribution in [0.25, 0.3) is 11.1 Å². The highest BCUT2D eigenvalue weighted by Gasteiger charge is 2.26. The minimum Gasteiger partial charge on any atom is -0.506 e. The molecule has 3 rings (SSSR count). The van der Waals surface area contributed by atoms with Crippen molar-refractivity contribution in [2.75, 3.05) is 6.61 Å². The summed E-state index contributed by atoms with van der Waals surface area (Å²) in [6.07, 6.45) is 1.59. The maximum absolute atomic E-state index is 12.3. The van der Waals surface area contributed by atoms with Crippen LogP contribution >= 0.6 is 0 Å². The van der Waals surface area contributed by atoms with E-state index in [-0.39, 0.29) is 17.9 Å². The van der Waals surface area contributed by atoms with Crippen molar-refractivity contribution < 1.29 is 14.6 Å². The number of carbonyl (C=O) groups excluding carboxylic acids is 1. The summed E-state index contributed by atoms with van der Waals surface area (Å²) < 4.78 is 5.09. The van der Waals surface area contributed by atoms with Gasteiger partial charge in [0.1, 0.15) is 11.3 Å². The zero-order valence-electron chi connectivity index (χ0n) is 14.2. The maximum atomic E-state index is 12.3. The number of rotatable bonds is 4. The first-order chi connectivity index (χ1) is 12.1. The third-order valence-electron chi connectivity index (χ3n) is 3.95. The third kappa shape index (κ3) is 3.38. The van der Waals surface area contributed by atoms with Gasteiger partial charge in [0, 0.05) is 17.3 Å². The van der Waals surface area contributed by atoms with Gasteiger partial charge in [-0.15, -0.1) is 0 Å². The highest BCUT2D eigenvalue weighted by molar-refractivity contribution is 6.10. The van der Waals surface area contributed by atoms with Crippen molar-refractivity contribution in [3.05, 3.63) is 71.3 Å². The Hall–Kier alpha value is -3.14. The smallest absolute Gasteiger partial charge is 0.342 e. The molecule has 0 aromatic heterocycles. The third-order valence-corrected chi connectivity index (χ3v) is 3.95. The molecule has 0 bridgehead atoms. The molecule has 1 aromatic rings. The lowest BCUT2D eigenvalue weighted by molar-refractivity contribution is 0.0524. The number of carbonyl (C=O) groups is 1. The lowest BCUT2D eigenvalue weighted by atomic mass is 10.1. The molecule has 0 saturated heterocycles. The first-order valence-electron chi connectivity index (χ1n) is 8.13. The Bertz CT molecular complexity index is 898. The molecule has 2 aliphatic rings. The normalized spacial score (nSPS) is 11.1. The van der Waals surface area contributed by atoms with E-state index in [1.165, 1.54) is 0 Å². The molecule has 0 saturated carbocycles. The molecule has 0 atom stereocenters. The van der Waals surface area contributed by atoms with Gasteiger partial charge >= 0.3 is 5.97 Å². The van der Waals surface area contributed by atoms with Crippen LogP contribution in [0.15, 0.2) is 59.6 Å². The Morgan fingerprint density at radius 3 is 2.44 bits per heavy atom. The van der Waals surface area contributed by atoms with Crippen molar-refractivity contribution in [1.82, 2.24) is 0 Å². The van der Waals surface area contributed by atoms with Gasteiger partial charge in [0.05, 0.1) is 12.3 Å². The van der Waals surface area contributed by atoms with Crippen LogP contribution in [0.5, 0.6) is 5.75 Å². The Labute approximate surface area is 146 Å². The number of nitrogens with zero attached hydrogens (tertiary/aromatic N) is 1. The highest BCUT2D eigenvalue weighted by Crippen LogP contribution is 2.40. The van der Waals surface area contributed by atoms with Gasteiger partial charge in [-0.05, 0) is 31.5 Å². The van der Waals surface area contributed by atoms with Crippen molar-refractivity contribution >= 4 is 17.9 Å².